The van der Waals surface area contributed by atoms with Crippen molar-refractivity contribution in [1.29, 1.82) is 0 Å². The van der Waals surface area contributed by atoms with E-state index in [2.05, 4.69) is 25.3 Å². The Bertz CT molecular complexity index is 991. The van der Waals surface area contributed by atoms with Gasteiger partial charge in [0.05, 0.1) is 19.1 Å². The highest BCUT2D eigenvalue weighted by atomic mass is 32.1. The van der Waals surface area contributed by atoms with E-state index in [0.717, 1.165) is 11.3 Å². The Morgan fingerprint density at radius 3 is 2.41 bits per heavy atom. The molecular weight excluding hydrogens is 464 g/mol. The number of hydrogen-bond acceptors (Lipinski definition) is 8. The molecule has 1 aromatic carbocycles. The summed E-state index contributed by atoms with van der Waals surface area (Å²) in [6.45, 7) is 3.72. The lowest BCUT2D eigenvalue weighted by atomic mass is 10.0. The number of amides is 2. The van der Waals surface area contributed by atoms with E-state index in [1.54, 1.807) is 37.3 Å². The third-order valence-corrected chi connectivity index (χ3v) is 4.59. The van der Waals surface area contributed by atoms with Crippen molar-refractivity contribution in [2.75, 3.05) is 13.2 Å². The number of benzene rings is 1. The Labute approximate surface area is 200 Å². The van der Waals surface area contributed by atoms with E-state index in [1.165, 1.54) is 12.3 Å². The van der Waals surface area contributed by atoms with E-state index >= 15 is 0 Å². The third kappa shape index (κ3) is 11.6. The summed E-state index contributed by atoms with van der Waals surface area (Å²) in [4.78, 5) is 52.7. The molecule has 12 nitrogen and oxygen atoms in total. The number of nitrogens with zero attached hydrogens (tertiary/aromatic N) is 2. The van der Waals surface area contributed by atoms with Crippen molar-refractivity contribution in [1.82, 2.24) is 15.6 Å². The Hall–Kier alpha value is -4.00. The van der Waals surface area contributed by atoms with Crippen LogP contribution in [0.5, 0.6) is 0 Å². The van der Waals surface area contributed by atoms with E-state index in [1.807, 2.05) is 0 Å². The Morgan fingerprint density at radius 1 is 1.21 bits per heavy atom. The van der Waals surface area contributed by atoms with Gasteiger partial charge in [0.15, 0.2) is 5.96 Å². The first-order chi connectivity index (χ1) is 16.1. The number of ether oxygens (including phenoxy) is 1. The van der Waals surface area contributed by atoms with E-state index in [0.29, 0.717) is 12.2 Å². The normalized spacial score (nSPS) is 10.6. The van der Waals surface area contributed by atoms with Gasteiger partial charge in [0.25, 0.3) is 5.91 Å². The zero-order valence-corrected chi connectivity index (χ0v) is 19.6. The Balaban J connectivity index is 0.000000852. The fraction of sp³-hybridized carbons (Fsp3) is 0.333. The number of nitrogens with one attached hydrogen (secondary N) is 2. The predicted molar refractivity (Wildman–Crippen MR) is 126 cm³/mol. The molecule has 2 rings (SSSR count). The molecule has 0 aliphatic rings. The lowest BCUT2D eigenvalue weighted by Gasteiger charge is -2.17. The van der Waals surface area contributed by atoms with Crippen molar-refractivity contribution in [2.24, 2.45) is 16.5 Å². The molecule has 1 aromatic heterocycles. The molecule has 0 fully saturated rings. The molecule has 1 heterocycles. The van der Waals surface area contributed by atoms with Crippen molar-refractivity contribution in [2.45, 2.75) is 32.7 Å². The number of rotatable bonds is 10. The SMILES string of the molecule is CCOC(C)=O.NC(N)=Nc1nc(C(=O)NCCC(=O)NC(CC(=O)O)c2ccccc2)cs1. The van der Waals surface area contributed by atoms with Crippen LogP contribution in [0.4, 0.5) is 5.13 Å². The van der Waals surface area contributed by atoms with E-state index in [4.69, 9.17) is 16.6 Å². The summed E-state index contributed by atoms with van der Waals surface area (Å²) in [5.41, 5.74) is 11.3. The summed E-state index contributed by atoms with van der Waals surface area (Å²) in [5, 5.41) is 16.0. The molecule has 2 amide bonds. The maximum atomic E-state index is 12.1. The molecule has 184 valence electrons. The van der Waals surface area contributed by atoms with E-state index < -0.39 is 17.9 Å². The topological polar surface area (TPSA) is 199 Å². The Morgan fingerprint density at radius 2 is 1.88 bits per heavy atom. The van der Waals surface area contributed by atoms with Crippen molar-refractivity contribution in [3.05, 3.63) is 47.0 Å². The molecule has 13 heteroatoms. The zero-order chi connectivity index (χ0) is 25.5. The minimum absolute atomic E-state index is 0.0143. The summed E-state index contributed by atoms with van der Waals surface area (Å²) < 4.78 is 4.40. The minimum Gasteiger partial charge on any atom is -0.481 e. The molecule has 1 atom stereocenters. The number of carbonyl (C=O) groups excluding carboxylic acids is 3. The van der Waals surface area contributed by atoms with E-state index in [9.17, 15) is 19.2 Å². The smallest absolute Gasteiger partial charge is 0.305 e. The van der Waals surface area contributed by atoms with Crippen molar-refractivity contribution < 1.29 is 29.0 Å². The summed E-state index contributed by atoms with van der Waals surface area (Å²) in [6, 6.07) is 8.16. The molecule has 0 saturated heterocycles. The number of carboxylic acids is 1. The van der Waals surface area contributed by atoms with Gasteiger partial charge in [-0.25, -0.2) is 4.98 Å². The molecule has 0 saturated carbocycles. The largest absolute Gasteiger partial charge is 0.481 e. The van der Waals surface area contributed by atoms with Gasteiger partial charge in [-0.05, 0) is 12.5 Å². The van der Waals surface area contributed by atoms with Gasteiger partial charge in [-0.2, -0.15) is 4.99 Å². The van der Waals surface area contributed by atoms with Crippen LogP contribution in [0.25, 0.3) is 0 Å². The van der Waals surface area contributed by atoms with Gasteiger partial charge in [-0.15, -0.1) is 11.3 Å². The van der Waals surface area contributed by atoms with E-state index in [-0.39, 0.29) is 48.0 Å². The quantitative estimate of drug-likeness (QED) is 0.183. The summed E-state index contributed by atoms with van der Waals surface area (Å²) in [6.07, 6.45) is -0.256. The number of aromatic nitrogens is 1. The molecule has 7 N–H and O–H groups in total. The minimum atomic E-state index is -1.03. The van der Waals surface area contributed by atoms with Gasteiger partial charge in [0, 0.05) is 25.3 Å². The fourth-order valence-corrected chi connectivity index (χ4v) is 3.18. The second-order valence-electron chi connectivity index (χ2n) is 6.61. The first kappa shape index (κ1) is 28.0. The van der Waals surface area contributed by atoms with Gasteiger partial charge < -0.3 is 31.9 Å². The zero-order valence-electron chi connectivity index (χ0n) is 18.8. The number of nitrogens with two attached hydrogens (primary N) is 2. The van der Waals surface area contributed by atoms with Crippen LogP contribution in [-0.4, -0.2) is 53.0 Å². The monoisotopic (exact) mass is 492 g/mol. The first-order valence-corrected chi connectivity index (χ1v) is 11.0. The number of carboxylic acid groups (broad SMARTS) is 1. The molecule has 2 aromatic rings. The molecular formula is C21H28N6O6S. The maximum Gasteiger partial charge on any atom is 0.305 e. The summed E-state index contributed by atoms with van der Waals surface area (Å²) in [5.74, 6) is -2.24. The van der Waals surface area contributed by atoms with Crippen LogP contribution in [0, 0.1) is 0 Å². The second kappa shape index (κ2) is 14.9. The third-order valence-electron chi connectivity index (χ3n) is 3.85. The lowest BCUT2D eigenvalue weighted by molar-refractivity contribution is -0.140. The average Bonchev–Trinajstić information content (AvgIpc) is 3.22. The van der Waals surface area contributed by atoms with Crippen molar-refractivity contribution >= 4 is 46.2 Å². The molecule has 0 aliphatic carbocycles. The number of esters is 1. The van der Waals surface area contributed by atoms with Crippen LogP contribution < -0.4 is 22.1 Å². The van der Waals surface area contributed by atoms with Crippen LogP contribution in [0.2, 0.25) is 0 Å². The average molecular weight is 493 g/mol. The molecule has 0 spiro atoms. The number of aliphatic imine (C=N–C) groups is 1. The molecule has 1 unspecified atom stereocenters. The van der Waals surface area contributed by atoms with Crippen LogP contribution in [0.3, 0.4) is 0 Å². The summed E-state index contributed by atoms with van der Waals surface area (Å²) in [7, 11) is 0. The Kier molecular flexibility index (Phi) is 12.3. The number of guanidine groups is 1. The molecule has 0 radical (unpaired) electrons. The molecule has 34 heavy (non-hydrogen) atoms. The molecule has 0 bridgehead atoms. The molecule has 0 aliphatic heterocycles. The van der Waals surface area contributed by atoms with Crippen molar-refractivity contribution in [3.8, 4) is 0 Å². The van der Waals surface area contributed by atoms with Gasteiger partial charge in [-0.1, -0.05) is 30.3 Å². The summed E-state index contributed by atoms with van der Waals surface area (Å²) >= 11 is 1.10. The predicted octanol–water partition coefficient (Wildman–Crippen LogP) is 1.07. The van der Waals surface area contributed by atoms with Gasteiger partial charge in [0.1, 0.15) is 5.69 Å². The lowest BCUT2D eigenvalue weighted by Crippen LogP contribution is -2.33. The van der Waals surface area contributed by atoms with Crippen LogP contribution >= 0.6 is 11.3 Å². The fourth-order valence-electron chi connectivity index (χ4n) is 2.49. The highest BCUT2D eigenvalue weighted by molar-refractivity contribution is 7.13. The van der Waals surface area contributed by atoms with Crippen LogP contribution in [0.1, 0.15) is 48.8 Å². The number of hydrogen-bond donors (Lipinski definition) is 5. The highest BCUT2D eigenvalue weighted by Crippen LogP contribution is 2.18. The second-order valence-corrected chi connectivity index (χ2v) is 7.45. The maximum absolute atomic E-state index is 12.1. The highest BCUT2D eigenvalue weighted by Gasteiger charge is 2.18. The van der Waals surface area contributed by atoms with Gasteiger partial charge in [-0.3, -0.25) is 19.2 Å². The van der Waals surface area contributed by atoms with Crippen LogP contribution in [-0.2, 0) is 19.1 Å². The van der Waals surface area contributed by atoms with Gasteiger partial charge >= 0.3 is 11.9 Å². The van der Waals surface area contributed by atoms with Crippen LogP contribution in [0.15, 0.2) is 40.7 Å². The standard InChI is InChI=1S/C17H20N6O4S.C4H8O2/c18-16(19)23-17-22-12(9-28-17)15(27)20-7-6-13(24)21-11(8-14(25)26)10-4-2-1-3-5-10;1-3-6-4(2)5/h1-5,9,11H,6-8H2,(H,20,27)(H,21,24)(H,25,26)(H4,18,19,22,23);3H2,1-2H3. The number of thiazole rings is 1. The number of carbonyl (C=O) groups is 4. The van der Waals surface area contributed by atoms with Gasteiger partial charge in [0.2, 0.25) is 11.0 Å². The first-order valence-electron chi connectivity index (χ1n) is 10.1. The van der Waals surface area contributed by atoms with Crippen molar-refractivity contribution in [3.63, 3.8) is 0 Å². The number of aliphatic carboxylic acids is 1.